The van der Waals surface area contributed by atoms with Gasteiger partial charge >= 0.3 is 0 Å². The fourth-order valence-electron chi connectivity index (χ4n) is 1.28. The summed E-state index contributed by atoms with van der Waals surface area (Å²) in [4.78, 5) is 11.5. The second kappa shape index (κ2) is 7.19. The van der Waals surface area contributed by atoms with E-state index in [9.17, 15) is 4.79 Å². The van der Waals surface area contributed by atoms with Crippen LogP contribution in [0, 0.1) is 5.92 Å². The monoisotopic (exact) mass is 223 g/mol. The molecular weight excluding hydrogens is 197 g/mol. The Kier molecular flexibility index (Phi) is 7.12. The maximum absolute atomic E-state index is 11.5. The van der Waals surface area contributed by atoms with Gasteiger partial charge in [-0.3, -0.25) is 4.79 Å². The lowest BCUT2D eigenvalue weighted by Crippen LogP contribution is -2.44. The average Bonchev–Trinajstić information content (AvgIpc) is 2.17. The second-order valence-corrected chi connectivity index (χ2v) is 4.03. The Balaban J connectivity index is 0. The van der Waals surface area contributed by atoms with Gasteiger partial charge in [-0.25, -0.2) is 0 Å². The van der Waals surface area contributed by atoms with Crippen molar-refractivity contribution in [3.8, 4) is 0 Å². The number of carbonyl (C=O) groups excluding carboxylic acids is 1. The Labute approximate surface area is 90.8 Å². The number of amides is 1. The number of carbonyl (C=O) groups is 1. The molecule has 0 bridgehead atoms. The van der Waals surface area contributed by atoms with Gasteiger partial charge in [0, 0.05) is 16.8 Å². The first-order valence-corrected chi connectivity index (χ1v) is 5.69. The molecule has 2 unspecified atom stereocenters. The molecule has 3 nitrogen and oxygen atoms in total. The predicted octanol–water partition coefficient (Wildman–Crippen LogP) is 2.37. The summed E-state index contributed by atoms with van der Waals surface area (Å²) in [6.45, 7) is 7.89. The zero-order chi connectivity index (χ0) is 11.1. The van der Waals surface area contributed by atoms with Gasteiger partial charge in [0.25, 0.3) is 0 Å². The summed E-state index contributed by atoms with van der Waals surface area (Å²) in [5, 5.41) is 2.99. The average molecular weight is 223 g/mol. The Morgan fingerprint density at radius 3 is 2.29 bits per heavy atom. The quantitative estimate of drug-likeness (QED) is 0.702. The van der Waals surface area contributed by atoms with Crippen LogP contribution in [0.15, 0.2) is 0 Å². The summed E-state index contributed by atoms with van der Waals surface area (Å²) in [7, 11) is 2.27. The highest BCUT2D eigenvalue weighted by Gasteiger charge is 2.20. The molecule has 0 aliphatic carbocycles. The fourth-order valence-corrected chi connectivity index (χ4v) is 1.67. The molecule has 0 rings (SSSR count). The summed E-state index contributed by atoms with van der Waals surface area (Å²) in [5.74, 6) is 0.128. The Morgan fingerprint density at radius 2 is 2.00 bits per heavy atom. The molecule has 0 heterocycles. The highest BCUT2D eigenvalue weighted by atomic mass is 31.0. The second-order valence-electron chi connectivity index (χ2n) is 3.76. The van der Waals surface area contributed by atoms with Crippen LogP contribution in [-0.2, 0) is 9.32 Å². The summed E-state index contributed by atoms with van der Waals surface area (Å²) in [5.41, 5.74) is 0. The third kappa shape index (κ3) is 4.39. The number of nitrogens with one attached hydrogen (secondary N) is 1. The maximum Gasteiger partial charge on any atom is 0.222 e. The molecule has 86 valence electrons. The highest BCUT2D eigenvalue weighted by molar-refractivity contribution is 7.09. The summed E-state index contributed by atoms with van der Waals surface area (Å²) >= 11 is 0. The molecule has 0 spiro atoms. The molecule has 14 heavy (non-hydrogen) atoms. The fraction of sp³-hybridized carbons (Fsp3) is 0.900. The molecular formula is C10H24NO2P. The molecule has 1 amide bonds. The minimum atomic E-state index is 0. The lowest BCUT2D eigenvalue weighted by molar-refractivity contribution is -0.125. The van der Waals surface area contributed by atoms with Crippen molar-refractivity contribution in [3.63, 3.8) is 0 Å². The third-order valence-corrected chi connectivity index (χ3v) is 2.67. The molecule has 0 aliphatic heterocycles. The summed E-state index contributed by atoms with van der Waals surface area (Å²) < 4.78 is 5.24. The lowest BCUT2D eigenvalue weighted by atomic mass is 10.1. The van der Waals surface area contributed by atoms with Crippen molar-refractivity contribution in [1.82, 2.24) is 5.32 Å². The zero-order valence-corrected chi connectivity index (χ0v) is 10.7. The zero-order valence-electron chi connectivity index (χ0n) is 9.54. The molecule has 0 aliphatic rings. The Hall–Kier alpha value is -0.140. The smallest absolute Gasteiger partial charge is 0.222 e. The lowest BCUT2D eigenvalue weighted by Gasteiger charge is -2.25. The minimum absolute atomic E-state index is 0. The van der Waals surface area contributed by atoms with Gasteiger partial charge in [-0.15, -0.1) is 0 Å². The molecule has 0 aromatic carbocycles. The van der Waals surface area contributed by atoms with Gasteiger partial charge in [0.2, 0.25) is 5.91 Å². The first-order valence-electron chi connectivity index (χ1n) is 5.22. The third-order valence-electron chi connectivity index (χ3n) is 2.32. The highest BCUT2D eigenvalue weighted by Crippen LogP contribution is 2.11. The summed E-state index contributed by atoms with van der Waals surface area (Å²) in [6, 6.07) is 0.118. The molecule has 0 aromatic heterocycles. The van der Waals surface area contributed by atoms with Crippen LogP contribution in [0.5, 0.6) is 0 Å². The molecule has 0 saturated carbocycles. The molecule has 0 saturated heterocycles. The van der Waals surface area contributed by atoms with E-state index in [1.54, 1.807) is 0 Å². The van der Waals surface area contributed by atoms with E-state index in [0.29, 0.717) is 0 Å². The standard InChI is InChI=1S/C10H22NO2P.H2/c1-5-8(9(6-2)13-14)11-10(12)7(3)4;/h7-9H,5-6,14H2,1-4H3,(H,11,12);1H/t8-,9?;/m0./s1/i;1+2. The molecule has 0 radical (unpaired) electrons. The van der Waals surface area contributed by atoms with Crippen LogP contribution < -0.4 is 5.32 Å². The molecule has 4 heteroatoms. The van der Waals surface area contributed by atoms with E-state index < -0.39 is 0 Å². The van der Waals surface area contributed by atoms with Gasteiger partial charge in [-0.05, 0) is 12.8 Å². The normalized spacial score (nSPS) is 15.3. The van der Waals surface area contributed by atoms with Crippen LogP contribution in [0.2, 0.25) is 0 Å². The van der Waals surface area contributed by atoms with Gasteiger partial charge in [-0.1, -0.05) is 27.7 Å². The van der Waals surface area contributed by atoms with Gasteiger partial charge in [0.1, 0.15) is 0 Å². The van der Waals surface area contributed by atoms with Crippen LogP contribution in [0.3, 0.4) is 0 Å². The largest absolute Gasteiger partial charge is 0.360 e. The van der Waals surface area contributed by atoms with Gasteiger partial charge in [-0.2, -0.15) is 0 Å². The van der Waals surface area contributed by atoms with Crippen LogP contribution in [0.25, 0.3) is 0 Å². The van der Waals surface area contributed by atoms with E-state index in [0.717, 1.165) is 12.8 Å². The van der Waals surface area contributed by atoms with Crippen molar-refractivity contribution in [2.45, 2.75) is 52.7 Å². The Morgan fingerprint density at radius 1 is 1.43 bits per heavy atom. The minimum Gasteiger partial charge on any atom is -0.360 e. The Bertz CT molecular complexity index is 175. The van der Waals surface area contributed by atoms with Gasteiger partial charge < -0.3 is 9.84 Å². The van der Waals surface area contributed by atoms with Crippen molar-refractivity contribution in [2.24, 2.45) is 5.92 Å². The summed E-state index contributed by atoms with van der Waals surface area (Å²) in [6.07, 6.45) is 1.89. The maximum atomic E-state index is 11.5. The van der Waals surface area contributed by atoms with Crippen molar-refractivity contribution >= 4 is 15.4 Å². The topological polar surface area (TPSA) is 38.3 Å². The van der Waals surface area contributed by atoms with Crippen molar-refractivity contribution in [2.75, 3.05) is 0 Å². The molecule has 0 fully saturated rings. The van der Waals surface area contributed by atoms with Crippen molar-refractivity contribution < 1.29 is 10.7 Å². The first kappa shape index (κ1) is 13.9. The first-order chi connectivity index (χ1) is 6.56. The predicted molar refractivity (Wildman–Crippen MR) is 64.0 cm³/mol. The molecule has 0 aromatic rings. The van der Waals surface area contributed by atoms with Crippen LogP contribution in [0.1, 0.15) is 42.0 Å². The van der Waals surface area contributed by atoms with Crippen molar-refractivity contribution in [1.29, 1.82) is 0 Å². The van der Waals surface area contributed by atoms with Gasteiger partial charge in [0.15, 0.2) is 0 Å². The van der Waals surface area contributed by atoms with E-state index in [1.165, 1.54) is 0 Å². The number of hydrogen-bond acceptors (Lipinski definition) is 2. The molecule has 3 atom stereocenters. The van der Waals surface area contributed by atoms with Crippen LogP contribution in [0.4, 0.5) is 0 Å². The number of hydrogen-bond donors (Lipinski definition) is 1. The van der Waals surface area contributed by atoms with E-state index >= 15 is 0 Å². The van der Waals surface area contributed by atoms with Gasteiger partial charge in [0.05, 0.1) is 12.1 Å². The van der Waals surface area contributed by atoms with Crippen molar-refractivity contribution in [3.05, 3.63) is 0 Å². The molecule has 1 N–H and O–H groups in total. The van der Waals surface area contributed by atoms with E-state index in [-0.39, 0.29) is 25.4 Å². The van der Waals surface area contributed by atoms with Crippen LogP contribution >= 0.6 is 9.47 Å². The van der Waals surface area contributed by atoms with E-state index in [4.69, 9.17) is 4.52 Å². The SMILES string of the molecule is CCC(OP)[C@H](CC)NC(=O)C(C)C.[3HH]. The van der Waals surface area contributed by atoms with E-state index in [1.807, 2.05) is 13.8 Å². The van der Waals surface area contributed by atoms with E-state index in [2.05, 4.69) is 28.6 Å². The van der Waals surface area contributed by atoms with Crippen LogP contribution in [-0.4, -0.2) is 18.1 Å². The number of rotatable bonds is 6.